The summed E-state index contributed by atoms with van der Waals surface area (Å²) in [5.41, 5.74) is 1.27. The number of halogens is 1. The number of hydrogen-bond donors (Lipinski definition) is 0. The maximum Gasteiger partial charge on any atom is 0.0937 e. The van der Waals surface area contributed by atoms with Crippen molar-refractivity contribution in [1.82, 2.24) is 0 Å². The van der Waals surface area contributed by atoms with Crippen molar-refractivity contribution in [1.29, 1.82) is 0 Å². The molecule has 1 saturated carbocycles. The van der Waals surface area contributed by atoms with Crippen molar-refractivity contribution in [3.05, 3.63) is 24.2 Å². The predicted molar refractivity (Wildman–Crippen MR) is 44.9 cm³/mol. The summed E-state index contributed by atoms with van der Waals surface area (Å²) >= 11 is 6.13. The minimum atomic E-state index is 0.326. The van der Waals surface area contributed by atoms with E-state index in [0.29, 0.717) is 11.3 Å². The van der Waals surface area contributed by atoms with Crippen molar-refractivity contribution in [3.63, 3.8) is 0 Å². The van der Waals surface area contributed by atoms with Gasteiger partial charge in [-0.15, -0.1) is 11.6 Å². The Balaban J connectivity index is 2.16. The third kappa shape index (κ3) is 1.30. The predicted octanol–water partition coefficient (Wildman–Crippen LogP) is 3.15. The summed E-state index contributed by atoms with van der Waals surface area (Å²) in [4.78, 5) is 0. The van der Waals surface area contributed by atoms with Crippen LogP contribution >= 0.6 is 11.6 Å². The standard InChI is InChI=1S/C9H11ClO/c10-9-3-1-2-8(9)7-4-5-11-6-7/h4-6,8-9H,1-3H2. The average Bonchev–Trinajstić information content (AvgIpc) is 2.55. The van der Waals surface area contributed by atoms with Crippen LogP contribution in [-0.2, 0) is 0 Å². The summed E-state index contributed by atoms with van der Waals surface area (Å²) < 4.78 is 5.02. The van der Waals surface area contributed by atoms with Gasteiger partial charge in [-0.1, -0.05) is 6.42 Å². The van der Waals surface area contributed by atoms with Crippen molar-refractivity contribution in [3.8, 4) is 0 Å². The number of hydrogen-bond acceptors (Lipinski definition) is 1. The Bertz CT molecular complexity index is 217. The first kappa shape index (κ1) is 7.23. The summed E-state index contributed by atoms with van der Waals surface area (Å²) in [5, 5.41) is 0.326. The van der Waals surface area contributed by atoms with Gasteiger partial charge in [0.1, 0.15) is 0 Å². The van der Waals surface area contributed by atoms with Crippen LogP contribution in [0.5, 0.6) is 0 Å². The Kier molecular flexibility index (Phi) is 1.91. The molecule has 0 aliphatic heterocycles. The minimum absolute atomic E-state index is 0.326. The molecular formula is C9H11ClO. The van der Waals surface area contributed by atoms with E-state index in [1.165, 1.54) is 18.4 Å². The zero-order valence-electron chi connectivity index (χ0n) is 6.29. The van der Waals surface area contributed by atoms with E-state index in [2.05, 4.69) is 0 Å². The van der Waals surface area contributed by atoms with Crippen LogP contribution in [0.1, 0.15) is 30.7 Å². The lowest BCUT2D eigenvalue weighted by molar-refractivity contribution is 0.558. The van der Waals surface area contributed by atoms with Gasteiger partial charge in [0.15, 0.2) is 0 Å². The fourth-order valence-corrected chi connectivity index (χ4v) is 2.20. The van der Waals surface area contributed by atoms with Crippen LogP contribution in [0.15, 0.2) is 23.0 Å². The molecule has 1 aliphatic carbocycles. The van der Waals surface area contributed by atoms with Gasteiger partial charge < -0.3 is 4.42 Å². The first-order chi connectivity index (χ1) is 5.38. The molecule has 1 fully saturated rings. The van der Waals surface area contributed by atoms with E-state index in [4.69, 9.17) is 16.0 Å². The molecule has 0 radical (unpaired) electrons. The molecule has 1 heterocycles. The van der Waals surface area contributed by atoms with E-state index in [0.717, 1.165) is 6.42 Å². The minimum Gasteiger partial charge on any atom is -0.472 e. The number of alkyl halides is 1. The van der Waals surface area contributed by atoms with Crippen molar-refractivity contribution < 1.29 is 4.42 Å². The van der Waals surface area contributed by atoms with Crippen molar-refractivity contribution in [2.45, 2.75) is 30.6 Å². The van der Waals surface area contributed by atoms with Crippen LogP contribution in [0.3, 0.4) is 0 Å². The van der Waals surface area contributed by atoms with Crippen LogP contribution in [0.25, 0.3) is 0 Å². The molecule has 0 bridgehead atoms. The van der Waals surface area contributed by atoms with Gasteiger partial charge in [0, 0.05) is 11.3 Å². The molecule has 0 saturated heterocycles. The average molecular weight is 171 g/mol. The Morgan fingerprint density at radius 2 is 2.36 bits per heavy atom. The number of rotatable bonds is 1. The van der Waals surface area contributed by atoms with Crippen LogP contribution < -0.4 is 0 Å². The van der Waals surface area contributed by atoms with Gasteiger partial charge in [-0.25, -0.2) is 0 Å². The zero-order valence-corrected chi connectivity index (χ0v) is 7.05. The van der Waals surface area contributed by atoms with Gasteiger partial charge in [0.05, 0.1) is 12.5 Å². The summed E-state index contributed by atoms with van der Waals surface area (Å²) in [6.45, 7) is 0. The van der Waals surface area contributed by atoms with Gasteiger partial charge in [-0.3, -0.25) is 0 Å². The van der Waals surface area contributed by atoms with E-state index >= 15 is 0 Å². The van der Waals surface area contributed by atoms with Gasteiger partial charge >= 0.3 is 0 Å². The van der Waals surface area contributed by atoms with Gasteiger partial charge in [0.25, 0.3) is 0 Å². The van der Waals surface area contributed by atoms with E-state index in [1.54, 1.807) is 6.26 Å². The molecule has 1 aromatic rings. The molecule has 1 aromatic heterocycles. The van der Waals surface area contributed by atoms with E-state index in [-0.39, 0.29) is 0 Å². The second-order valence-electron chi connectivity index (χ2n) is 3.11. The van der Waals surface area contributed by atoms with Gasteiger partial charge in [-0.05, 0) is 24.5 Å². The normalized spacial score (nSPS) is 31.0. The second kappa shape index (κ2) is 2.90. The molecule has 0 amide bonds. The fraction of sp³-hybridized carbons (Fsp3) is 0.556. The van der Waals surface area contributed by atoms with Crippen molar-refractivity contribution in [2.24, 2.45) is 0 Å². The second-order valence-corrected chi connectivity index (χ2v) is 3.67. The molecule has 2 heteroatoms. The molecule has 0 spiro atoms. The van der Waals surface area contributed by atoms with Crippen LogP contribution in [0, 0.1) is 0 Å². The third-order valence-corrected chi connectivity index (χ3v) is 2.93. The smallest absolute Gasteiger partial charge is 0.0937 e. The maximum atomic E-state index is 6.13. The lowest BCUT2D eigenvalue weighted by Crippen LogP contribution is -2.02. The molecule has 60 valence electrons. The van der Waals surface area contributed by atoms with E-state index in [9.17, 15) is 0 Å². The highest BCUT2D eigenvalue weighted by Gasteiger charge is 2.27. The number of furan rings is 1. The van der Waals surface area contributed by atoms with E-state index < -0.39 is 0 Å². The molecular weight excluding hydrogens is 160 g/mol. The lowest BCUT2D eigenvalue weighted by atomic mass is 10.0. The fourth-order valence-electron chi connectivity index (χ4n) is 1.78. The molecule has 2 atom stereocenters. The summed E-state index contributed by atoms with van der Waals surface area (Å²) in [6, 6.07) is 2.02. The maximum absolute atomic E-state index is 6.13. The van der Waals surface area contributed by atoms with Crippen LogP contribution in [0.2, 0.25) is 0 Å². The van der Waals surface area contributed by atoms with Crippen molar-refractivity contribution in [2.75, 3.05) is 0 Å². The largest absolute Gasteiger partial charge is 0.472 e. The monoisotopic (exact) mass is 170 g/mol. The molecule has 11 heavy (non-hydrogen) atoms. The van der Waals surface area contributed by atoms with Gasteiger partial charge in [0.2, 0.25) is 0 Å². The van der Waals surface area contributed by atoms with Crippen LogP contribution in [-0.4, -0.2) is 5.38 Å². The lowest BCUT2D eigenvalue weighted by Gasteiger charge is -2.09. The molecule has 0 N–H and O–H groups in total. The third-order valence-electron chi connectivity index (χ3n) is 2.40. The topological polar surface area (TPSA) is 13.1 Å². The van der Waals surface area contributed by atoms with Crippen LogP contribution in [0.4, 0.5) is 0 Å². The molecule has 1 nitrogen and oxygen atoms in total. The molecule has 2 unspecified atom stereocenters. The van der Waals surface area contributed by atoms with Crippen molar-refractivity contribution >= 4 is 11.6 Å². The molecule has 0 aromatic carbocycles. The Labute approximate surface area is 71.3 Å². The molecule has 2 rings (SSSR count). The Morgan fingerprint density at radius 1 is 1.45 bits per heavy atom. The quantitative estimate of drug-likeness (QED) is 0.591. The Hall–Kier alpha value is -0.430. The summed E-state index contributed by atoms with van der Waals surface area (Å²) in [7, 11) is 0. The highest BCUT2D eigenvalue weighted by molar-refractivity contribution is 6.21. The van der Waals surface area contributed by atoms with Gasteiger partial charge in [-0.2, -0.15) is 0 Å². The highest BCUT2D eigenvalue weighted by atomic mass is 35.5. The SMILES string of the molecule is ClC1CCCC1c1ccoc1. The first-order valence-electron chi connectivity index (χ1n) is 4.04. The van der Waals surface area contributed by atoms with E-state index in [1.807, 2.05) is 12.3 Å². The zero-order chi connectivity index (χ0) is 7.68. The Morgan fingerprint density at radius 3 is 2.91 bits per heavy atom. The summed E-state index contributed by atoms with van der Waals surface area (Å²) in [6.07, 6.45) is 7.15. The highest BCUT2D eigenvalue weighted by Crippen LogP contribution is 2.37. The first-order valence-corrected chi connectivity index (χ1v) is 4.48. The summed E-state index contributed by atoms with van der Waals surface area (Å²) in [5.74, 6) is 0.537. The molecule has 1 aliphatic rings.